The fourth-order valence-corrected chi connectivity index (χ4v) is 5.00. The SMILES string of the molecule is CCOc1ccc(-c2nn(-c3ccccc3)cc2[C@H]2C(C(=O)OC(C)C)=C(C)N=C(C)C2C(=O)OC(C)C)cc1F. The summed E-state index contributed by atoms with van der Waals surface area (Å²) in [5, 5.41) is 4.84. The molecule has 2 atom stereocenters. The number of halogens is 1. The van der Waals surface area contributed by atoms with Gasteiger partial charge in [-0.15, -0.1) is 0 Å². The van der Waals surface area contributed by atoms with Crippen LogP contribution in [0.3, 0.4) is 0 Å². The lowest BCUT2D eigenvalue weighted by Crippen LogP contribution is -2.37. The predicted molar refractivity (Wildman–Crippen MR) is 155 cm³/mol. The van der Waals surface area contributed by atoms with Gasteiger partial charge in [0.1, 0.15) is 5.92 Å². The van der Waals surface area contributed by atoms with Crippen molar-refractivity contribution >= 4 is 17.7 Å². The van der Waals surface area contributed by atoms with Crippen LogP contribution in [0.15, 0.2) is 71.0 Å². The fourth-order valence-electron chi connectivity index (χ4n) is 5.00. The van der Waals surface area contributed by atoms with E-state index in [1.54, 1.807) is 71.5 Å². The average molecular weight is 562 g/mol. The second kappa shape index (κ2) is 12.5. The Morgan fingerprint density at radius 2 is 1.68 bits per heavy atom. The van der Waals surface area contributed by atoms with E-state index < -0.39 is 35.7 Å². The van der Waals surface area contributed by atoms with Gasteiger partial charge in [-0.05, 0) is 78.8 Å². The lowest BCUT2D eigenvalue weighted by Gasteiger charge is -2.32. The summed E-state index contributed by atoms with van der Waals surface area (Å²) in [7, 11) is 0. The number of hydrogen-bond acceptors (Lipinski definition) is 7. The number of rotatable bonds is 9. The number of para-hydroxylation sites is 1. The van der Waals surface area contributed by atoms with Gasteiger partial charge in [-0.1, -0.05) is 18.2 Å². The monoisotopic (exact) mass is 561 g/mol. The van der Waals surface area contributed by atoms with E-state index in [4.69, 9.17) is 19.3 Å². The van der Waals surface area contributed by atoms with Gasteiger partial charge in [0.25, 0.3) is 0 Å². The molecule has 3 aromatic rings. The minimum absolute atomic E-state index is 0.122. The molecule has 8 nitrogen and oxygen atoms in total. The summed E-state index contributed by atoms with van der Waals surface area (Å²) in [4.78, 5) is 31.8. The molecule has 2 heterocycles. The van der Waals surface area contributed by atoms with Crippen molar-refractivity contribution in [3.05, 3.63) is 77.4 Å². The van der Waals surface area contributed by atoms with Gasteiger partial charge in [0.2, 0.25) is 0 Å². The third kappa shape index (κ3) is 6.39. The molecule has 0 radical (unpaired) electrons. The molecular weight excluding hydrogens is 525 g/mol. The Kier molecular flexibility index (Phi) is 9.05. The first-order valence-corrected chi connectivity index (χ1v) is 13.8. The van der Waals surface area contributed by atoms with E-state index in [2.05, 4.69) is 4.99 Å². The molecule has 41 heavy (non-hydrogen) atoms. The van der Waals surface area contributed by atoms with Crippen LogP contribution in [0.4, 0.5) is 4.39 Å². The van der Waals surface area contributed by atoms with E-state index in [0.29, 0.717) is 34.8 Å². The average Bonchev–Trinajstić information content (AvgIpc) is 3.34. The quantitative estimate of drug-likeness (QED) is 0.280. The van der Waals surface area contributed by atoms with Gasteiger partial charge in [0.05, 0.1) is 35.8 Å². The molecule has 0 N–H and O–H groups in total. The number of aromatic nitrogens is 2. The van der Waals surface area contributed by atoms with Crippen LogP contribution in [0.25, 0.3) is 16.9 Å². The molecule has 2 aromatic carbocycles. The maximum atomic E-state index is 15.1. The van der Waals surface area contributed by atoms with E-state index >= 15 is 4.39 Å². The number of nitrogens with zero attached hydrogens (tertiary/aromatic N) is 3. The molecule has 1 aliphatic heterocycles. The van der Waals surface area contributed by atoms with Crippen molar-refractivity contribution < 1.29 is 28.2 Å². The number of carbonyl (C=O) groups is 2. The van der Waals surface area contributed by atoms with Crippen molar-refractivity contribution in [1.82, 2.24) is 9.78 Å². The third-order valence-corrected chi connectivity index (χ3v) is 6.60. The second-order valence-electron chi connectivity index (χ2n) is 10.4. The minimum Gasteiger partial charge on any atom is -0.491 e. The van der Waals surface area contributed by atoms with Crippen LogP contribution >= 0.6 is 0 Å². The normalized spacial score (nSPS) is 17.1. The highest BCUT2D eigenvalue weighted by Crippen LogP contribution is 2.44. The maximum absolute atomic E-state index is 15.1. The molecule has 0 saturated carbocycles. The van der Waals surface area contributed by atoms with Crippen molar-refractivity contribution in [3.63, 3.8) is 0 Å². The van der Waals surface area contributed by atoms with Gasteiger partial charge >= 0.3 is 11.9 Å². The lowest BCUT2D eigenvalue weighted by molar-refractivity contribution is -0.150. The number of esters is 2. The fraction of sp³-hybridized carbons (Fsp3) is 0.375. The van der Waals surface area contributed by atoms with Gasteiger partial charge in [-0.3, -0.25) is 9.79 Å². The first kappa shape index (κ1) is 29.7. The van der Waals surface area contributed by atoms with Crippen molar-refractivity contribution in [1.29, 1.82) is 0 Å². The number of benzene rings is 2. The number of hydrogen-bond donors (Lipinski definition) is 0. The van der Waals surface area contributed by atoms with E-state index in [9.17, 15) is 9.59 Å². The van der Waals surface area contributed by atoms with Gasteiger partial charge in [-0.2, -0.15) is 5.10 Å². The summed E-state index contributed by atoms with van der Waals surface area (Å²) >= 11 is 0. The summed E-state index contributed by atoms with van der Waals surface area (Å²) in [6, 6.07) is 14.0. The Labute approximate surface area is 239 Å². The zero-order valence-corrected chi connectivity index (χ0v) is 24.5. The van der Waals surface area contributed by atoms with Crippen molar-refractivity contribution in [2.45, 2.75) is 66.6 Å². The van der Waals surface area contributed by atoms with E-state index in [0.717, 1.165) is 5.69 Å². The first-order valence-electron chi connectivity index (χ1n) is 13.8. The molecule has 1 aliphatic rings. The van der Waals surface area contributed by atoms with Gasteiger partial charge in [0, 0.05) is 34.7 Å². The minimum atomic E-state index is -0.935. The number of ether oxygens (including phenoxy) is 3. The number of allylic oxidation sites excluding steroid dienone is 1. The highest BCUT2D eigenvalue weighted by molar-refractivity contribution is 6.07. The van der Waals surface area contributed by atoms with Crippen LogP contribution in [-0.2, 0) is 19.1 Å². The first-order chi connectivity index (χ1) is 19.5. The Bertz CT molecular complexity index is 1490. The van der Waals surface area contributed by atoms with Crippen LogP contribution in [-0.4, -0.2) is 46.2 Å². The van der Waals surface area contributed by atoms with Crippen LogP contribution in [0.2, 0.25) is 0 Å². The molecule has 4 rings (SSSR count). The summed E-state index contributed by atoms with van der Waals surface area (Å²) in [5.74, 6) is -3.32. The number of carbonyl (C=O) groups excluding carboxylic acids is 2. The molecule has 1 aromatic heterocycles. The zero-order valence-electron chi connectivity index (χ0n) is 24.5. The molecule has 0 saturated heterocycles. The molecule has 0 amide bonds. The highest BCUT2D eigenvalue weighted by Gasteiger charge is 2.44. The summed E-state index contributed by atoms with van der Waals surface area (Å²) in [5.41, 5.74) is 3.31. The van der Waals surface area contributed by atoms with Gasteiger partial charge in [-0.25, -0.2) is 13.9 Å². The molecule has 0 bridgehead atoms. The summed E-state index contributed by atoms with van der Waals surface area (Å²) in [6.07, 6.45) is 0.984. The molecule has 1 unspecified atom stereocenters. The second-order valence-corrected chi connectivity index (χ2v) is 10.4. The van der Waals surface area contributed by atoms with E-state index in [1.165, 1.54) is 6.07 Å². The standard InChI is InChI=1S/C32H36FN3O5/c1-8-39-26-15-14-22(16-25(26)33)30-24(17-36(35-30)23-12-10-9-11-13-23)29-27(31(37)40-18(2)3)20(6)34-21(7)28(29)32(38)41-19(4)5/h9-19,27,29H,8H2,1-7H3/t27?,29-/m1/s1. The molecule has 216 valence electrons. The van der Waals surface area contributed by atoms with Crippen molar-refractivity contribution in [3.8, 4) is 22.7 Å². The molecule has 0 aliphatic carbocycles. The Balaban J connectivity index is 2.00. The lowest BCUT2D eigenvalue weighted by atomic mass is 9.75. The highest BCUT2D eigenvalue weighted by atomic mass is 19.1. The summed E-state index contributed by atoms with van der Waals surface area (Å²) < 4.78 is 33.5. The van der Waals surface area contributed by atoms with Crippen LogP contribution in [0, 0.1) is 11.7 Å². The Morgan fingerprint density at radius 1 is 1.00 bits per heavy atom. The Hall–Kier alpha value is -4.27. The molecular formula is C32H36FN3O5. The van der Waals surface area contributed by atoms with E-state index in [1.807, 2.05) is 30.3 Å². The predicted octanol–water partition coefficient (Wildman–Crippen LogP) is 6.43. The van der Waals surface area contributed by atoms with Crippen molar-refractivity contribution in [2.24, 2.45) is 10.9 Å². The van der Waals surface area contributed by atoms with Crippen LogP contribution < -0.4 is 4.74 Å². The largest absolute Gasteiger partial charge is 0.491 e. The number of aliphatic imine (C=N–C) groups is 1. The maximum Gasteiger partial charge on any atom is 0.336 e. The van der Waals surface area contributed by atoms with Crippen LogP contribution in [0.1, 0.15) is 59.9 Å². The zero-order chi connectivity index (χ0) is 29.8. The van der Waals surface area contributed by atoms with Gasteiger partial charge in [0.15, 0.2) is 11.6 Å². The van der Waals surface area contributed by atoms with Crippen molar-refractivity contribution in [2.75, 3.05) is 6.61 Å². The Morgan fingerprint density at radius 3 is 2.29 bits per heavy atom. The van der Waals surface area contributed by atoms with E-state index in [-0.39, 0.29) is 17.4 Å². The molecule has 0 spiro atoms. The summed E-state index contributed by atoms with van der Waals surface area (Å²) in [6.45, 7) is 12.6. The molecule has 0 fully saturated rings. The van der Waals surface area contributed by atoms with Gasteiger partial charge < -0.3 is 14.2 Å². The smallest absolute Gasteiger partial charge is 0.336 e. The topological polar surface area (TPSA) is 92.0 Å². The van der Waals surface area contributed by atoms with Crippen LogP contribution in [0.5, 0.6) is 5.75 Å². The molecule has 9 heteroatoms. The third-order valence-electron chi connectivity index (χ3n) is 6.60.